The molecule has 0 aliphatic rings. The fourth-order valence-electron chi connectivity index (χ4n) is 0.408. The molecule has 0 saturated heterocycles. The first-order valence-corrected chi connectivity index (χ1v) is 2.90. The average Bonchev–Trinajstić information content (AvgIpc) is 1.69. The second-order valence-electron chi connectivity index (χ2n) is 1.53. The van der Waals surface area contributed by atoms with Crippen LogP contribution in [0.5, 0.6) is 0 Å². The van der Waals surface area contributed by atoms with Crippen molar-refractivity contribution in [3.63, 3.8) is 0 Å². The van der Waals surface area contributed by atoms with Gasteiger partial charge in [-0.3, -0.25) is 4.79 Å². The molecule has 2 heteroatoms. The quantitative estimate of drug-likeness (QED) is 0.416. The molecule has 0 saturated carbocycles. The van der Waals surface area contributed by atoms with Crippen molar-refractivity contribution in [1.29, 1.82) is 0 Å². The SMILES string of the molecule is CCC(C=O)=C(C)Cl. The van der Waals surface area contributed by atoms with Gasteiger partial charge >= 0.3 is 0 Å². The summed E-state index contributed by atoms with van der Waals surface area (Å²) in [7, 11) is 0. The van der Waals surface area contributed by atoms with E-state index in [1.165, 1.54) is 0 Å². The van der Waals surface area contributed by atoms with Gasteiger partial charge in [-0.25, -0.2) is 0 Å². The van der Waals surface area contributed by atoms with Crippen molar-refractivity contribution in [2.75, 3.05) is 0 Å². The topological polar surface area (TPSA) is 17.1 Å². The van der Waals surface area contributed by atoms with E-state index in [1.54, 1.807) is 6.92 Å². The Kier molecular flexibility index (Phi) is 3.53. The lowest BCUT2D eigenvalue weighted by molar-refractivity contribution is -0.105. The van der Waals surface area contributed by atoms with Crippen molar-refractivity contribution in [3.05, 3.63) is 10.6 Å². The normalized spacial score (nSPS) is 12.9. The van der Waals surface area contributed by atoms with Gasteiger partial charge in [0.25, 0.3) is 0 Å². The Morgan fingerprint density at radius 2 is 2.25 bits per heavy atom. The lowest BCUT2D eigenvalue weighted by atomic mass is 10.2. The van der Waals surface area contributed by atoms with Gasteiger partial charge in [0.15, 0.2) is 0 Å². The van der Waals surface area contributed by atoms with Gasteiger partial charge in [0.05, 0.1) is 0 Å². The van der Waals surface area contributed by atoms with Crippen LogP contribution in [0.15, 0.2) is 10.6 Å². The van der Waals surface area contributed by atoms with Crippen molar-refractivity contribution in [2.45, 2.75) is 20.3 Å². The molecule has 46 valence electrons. The summed E-state index contributed by atoms with van der Waals surface area (Å²) in [5.41, 5.74) is 0.687. The minimum absolute atomic E-state index is 0.600. The van der Waals surface area contributed by atoms with E-state index in [2.05, 4.69) is 0 Å². The van der Waals surface area contributed by atoms with Crippen LogP contribution in [0, 0.1) is 0 Å². The molecule has 0 aromatic rings. The molecular formula is C6H9ClO. The van der Waals surface area contributed by atoms with E-state index >= 15 is 0 Å². The fourth-order valence-corrected chi connectivity index (χ4v) is 0.586. The molecule has 0 bridgehead atoms. The van der Waals surface area contributed by atoms with Crippen LogP contribution < -0.4 is 0 Å². The second kappa shape index (κ2) is 3.67. The van der Waals surface area contributed by atoms with Gasteiger partial charge in [0.1, 0.15) is 6.29 Å². The summed E-state index contributed by atoms with van der Waals surface area (Å²) in [6, 6.07) is 0. The average molecular weight is 133 g/mol. The number of carbonyl (C=O) groups excluding carboxylic acids is 1. The summed E-state index contributed by atoms with van der Waals surface area (Å²) >= 11 is 5.49. The number of allylic oxidation sites excluding steroid dienone is 2. The Morgan fingerprint density at radius 1 is 1.75 bits per heavy atom. The third-order valence-corrected chi connectivity index (χ3v) is 1.21. The molecule has 0 rings (SSSR count). The van der Waals surface area contributed by atoms with Crippen LogP contribution in [0.4, 0.5) is 0 Å². The van der Waals surface area contributed by atoms with Crippen LogP contribution in [0.3, 0.4) is 0 Å². The predicted molar refractivity (Wildman–Crippen MR) is 34.9 cm³/mol. The first-order chi connectivity index (χ1) is 3.72. The number of hydrogen-bond donors (Lipinski definition) is 0. The van der Waals surface area contributed by atoms with Crippen LogP contribution in [0.2, 0.25) is 0 Å². The van der Waals surface area contributed by atoms with Crippen molar-refractivity contribution in [1.82, 2.24) is 0 Å². The molecule has 0 aliphatic heterocycles. The number of halogens is 1. The van der Waals surface area contributed by atoms with E-state index in [4.69, 9.17) is 11.6 Å². The van der Waals surface area contributed by atoms with Gasteiger partial charge < -0.3 is 0 Å². The molecule has 0 aliphatic carbocycles. The maximum atomic E-state index is 10.0. The highest BCUT2D eigenvalue weighted by Gasteiger charge is 1.92. The Labute approximate surface area is 54.3 Å². The standard InChI is InChI=1S/C6H9ClO/c1-3-6(4-8)5(2)7/h4H,3H2,1-2H3. The Bertz CT molecular complexity index is 112. The van der Waals surface area contributed by atoms with Crippen LogP contribution >= 0.6 is 11.6 Å². The fraction of sp³-hybridized carbons (Fsp3) is 0.500. The summed E-state index contributed by atoms with van der Waals surface area (Å²) in [6.07, 6.45) is 1.52. The van der Waals surface area contributed by atoms with E-state index in [0.29, 0.717) is 10.6 Å². The zero-order valence-corrected chi connectivity index (χ0v) is 5.83. The summed E-state index contributed by atoms with van der Waals surface area (Å²) in [4.78, 5) is 10.0. The molecule has 0 radical (unpaired) electrons. The molecule has 1 nitrogen and oxygen atoms in total. The molecular weight excluding hydrogens is 124 g/mol. The number of rotatable bonds is 2. The van der Waals surface area contributed by atoms with Gasteiger partial charge in [-0.15, -0.1) is 0 Å². The molecule has 0 amide bonds. The zero-order valence-electron chi connectivity index (χ0n) is 5.07. The van der Waals surface area contributed by atoms with Crippen LogP contribution in [-0.4, -0.2) is 6.29 Å². The second-order valence-corrected chi connectivity index (χ2v) is 2.10. The molecule has 0 spiro atoms. The first-order valence-electron chi connectivity index (χ1n) is 2.52. The Balaban J connectivity index is 4.07. The maximum Gasteiger partial charge on any atom is 0.147 e. The Morgan fingerprint density at radius 3 is 2.25 bits per heavy atom. The van der Waals surface area contributed by atoms with E-state index < -0.39 is 0 Å². The highest BCUT2D eigenvalue weighted by Crippen LogP contribution is 2.08. The van der Waals surface area contributed by atoms with E-state index in [9.17, 15) is 4.79 Å². The minimum Gasteiger partial charge on any atom is -0.298 e. The van der Waals surface area contributed by atoms with Gasteiger partial charge in [0, 0.05) is 10.6 Å². The van der Waals surface area contributed by atoms with Crippen LogP contribution in [-0.2, 0) is 4.79 Å². The molecule has 0 aromatic carbocycles. The number of aldehydes is 1. The number of hydrogen-bond acceptors (Lipinski definition) is 1. The maximum absolute atomic E-state index is 10.0. The summed E-state index contributed by atoms with van der Waals surface area (Å²) in [6.45, 7) is 3.62. The van der Waals surface area contributed by atoms with Gasteiger partial charge in [-0.05, 0) is 13.3 Å². The van der Waals surface area contributed by atoms with Crippen molar-refractivity contribution in [2.24, 2.45) is 0 Å². The first kappa shape index (κ1) is 7.70. The molecule has 0 unspecified atom stereocenters. The van der Waals surface area contributed by atoms with Crippen LogP contribution in [0.25, 0.3) is 0 Å². The highest BCUT2D eigenvalue weighted by atomic mass is 35.5. The molecule has 0 N–H and O–H groups in total. The lowest BCUT2D eigenvalue weighted by Gasteiger charge is -1.91. The van der Waals surface area contributed by atoms with E-state index in [-0.39, 0.29) is 0 Å². The smallest absolute Gasteiger partial charge is 0.147 e. The molecule has 0 heterocycles. The van der Waals surface area contributed by atoms with Gasteiger partial charge in [0.2, 0.25) is 0 Å². The summed E-state index contributed by atoms with van der Waals surface area (Å²) < 4.78 is 0. The van der Waals surface area contributed by atoms with Crippen LogP contribution in [0.1, 0.15) is 20.3 Å². The molecule has 0 atom stereocenters. The van der Waals surface area contributed by atoms with E-state index in [1.807, 2.05) is 6.92 Å². The monoisotopic (exact) mass is 132 g/mol. The largest absolute Gasteiger partial charge is 0.298 e. The summed E-state index contributed by atoms with van der Waals surface area (Å²) in [5.74, 6) is 0. The number of carbonyl (C=O) groups is 1. The predicted octanol–water partition coefficient (Wildman–Crippen LogP) is 2.11. The van der Waals surface area contributed by atoms with E-state index in [0.717, 1.165) is 12.7 Å². The molecule has 0 fully saturated rings. The third-order valence-electron chi connectivity index (χ3n) is 0.966. The molecule has 0 aromatic heterocycles. The lowest BCUT2D eigenvalue weighted by Crippen LogP contribution is -1.81. The highest BCUT2D eigenvalue weighted by molar-refractivity contribution is 6.30. The third kappa shape index (κ3) is 2.12. The van der Waals surface area contributed by atoms with Crippen molar-refractivity contribution >= 4 is 17.9 Å². The van der Waals surface area contributed by atoms with Gasteiger partial charge in [-0.1, -0.05) is 18.5 Å². The van der Waals surface area contributed by atoms with Crippen molar-refractivity contribution < 1.29 is 4.79 Å². The van der Waals surface area contributed by atoms with Gasteiger partial charge in [-0.2, -0.15) is 0 Å². The Hall–Kier alpha value is -0.300. The minimum atomic E-state index is 0.600. The zero-order chi connectivity index (χ0) is 6.57. The summed E-state index contributed by atoms with van der Waals surface area (Å²) in [5, 5.41) is 0.600. The molecule has 8 heavy (non-hydrogen) atoms. The van der Waals surface area contributed by atoms with Crippen molar-refractivity contribution in [3.8, 4) is 0 Å².